The van der Waals surface area contributed by atoms with E-state index in [1.54, 1.807) is 18.2 Å². The number of anilines is 4. The highest BCUT2D eigenvalue weighted by atomic mass is 19.1. The predicted molar refractivity (Wildman–Crippen MR) is 99.4 cm³/mol. The van der Waals surface area contributed by atoms with Crippen LogP contribution in [0.2, 0.25) is 0 Å². The number of para-hydroxylation sites is 1. The molecule has 0 aliphatic rings. The molecule has 0 bridgehead atoms. The molecule has 1 heterocycles. The molecule has 0 aliphatic heterocycles. The molecular formula is C18H14FN5O4. The van der Waals surface area contributed by atoms with E-state index in [0.717, 1.165) is 6.33 Å². The van der Waals surface area contributed by atoms with Crippen LogP contribution in [-0.4, -0.2) is 28.0 Å². The number of carbonyl (C=O) groups excluding carboxylic acids is 1. The predicted octanol–water partition coefficient (Wildman–Crippen LogP) is 3.80. The Morgan fingerprint density at radius 2 is 1.71 bits per heavy atom. The SMILES string of the molecule is COC(=O)c1ccccc1Nc1ncnc(Nc2ccc(F)cc2)c1[N+](=O)[O-]. The van der Waals surface area contributed by atoms with Crippen LogP contribution >= 0.6 is 0 Å². The molecule has 3 rings (SSSR count). The number of ether oxygens (including phenoxy) is 1. The molecule has 0 spiro atoms. The summed E-state index contributed by atoms with van der Waals surface area (Å²) in [4.78, 5) is 30.7. The van der Waals surface area contributed by atoms with Gasteiger partial charge in [-0.3, -0.25) is 10.1 Å². The van der Waals surface area contributed by atoms with Gasteiger partial charge in [-0.2, -0.15) is 0 Å². The molecule has 1 aromatic heterocycles. The first-order chi connectivity index (χ1) is 13.5. The molecule has 0 radical (unpaired) electrons. The van der Waals surface area contributed by atoms with Gasteiger partial charge in [-0.15, -0.1) is 0 Å². The number of aromatic nitrogens is 2. The third-order valence-electron chi connectivity index (χ3n) is 3.70. The van der Waals surface area contributed by atoms with Gasteiger partial charge in [-0.1, -0.05) is 12.1 Å². The maximum atomic E-state index is 13.1. The second-order valence-corrected chi connectivity index (χ2v) is 5.47. The quantitative estimate of drug-likeness (QED) is 0.375. The molecule has 0 fully saturated rings. The minimum absolute atomic E-state index is 0.0929. The van der Waals surface area contributed by atoms with E-state index in [4.69, 9.17) is 4.74 Å². The summed E-state index contributed by atoms with van der Waals surface area (Å²) in [5.41, 5.74) is 0.436. The van der Waals surface area contributed by atoms with Crippen molar-refractivity contribution >= 4 is 34.7 Å². The summed E-state index contributed by atoms with van der Waals surface area (Å²) in [5, 5.41) is 17.2. The van der Waals surface area contributed by atoms with Crippen molar-refractivity contribution in [3.05, 3.63) is 76.4 Å². The lowest BCUT2D eigenvalue weighted by Gasteiger charge is -2.12. The molecule has 0 atom stereocenters. The number of carbonyl (C=O) groups is 1. The third-order valence-corrected chi connectivity index (χ3v) is 3.70. The van der Waals surface area contributed by atoms with E-state index in [-0.39, 0.29) is 22.9 Å². The van der Waals surface area contributed by atoms with E-state index in [1.165, 1.54) is 37.4 Å². The topological polar surface area (TPSA) is 119 Å². The van der Waals surface area contributed by atoms with Gasteiger partial charge in [-0.05, 0) is 36.4 Å². The Labute approximate surface area is 158 Å². The maximum Gasteiger partial charge on any atom is 0.353 e. The number of halogens is 1. The summed E-state index contributed by atoms with van der Waals surface area (Å²) in [7, 11) is 1.23. The number of hydrogen-bond acceptors (Lipinski definition) is 8. The molecule has 0 saturated carbocycles. The number of nitrogens with one attached hydrogen (secondary N) is 2. The van der Waals surface area contributed by atoms with Crippen LogP contribution in [0, 0.1) is 15.9 Å². The highest BCUT2D eigenvalue weighted by Crippen LogP contribution is 2.33. The first-order valence-electron chi connectivity index (χ1n) is 7.96. The summed E-state index contributed by atoms with van der Waals surface area (Å²) >= 11 is 0. The number of rotatable bonds is 6. The third kappa shape index (κ3) is 4.01. The van der Waals surface area contributed by atoms with Crippen molar-refractivity contribution in [3.63, 3.8) is 0 Å². The van der Waals surface area contributed by atoms with Crippen molar-refractivity contribution in [2.45, 2.75) is 0 Å². The molecule has 9 nitrogen and oxygen atoms in total. The molecule has 2 aromatic carbocycles. The monoisotopic (exact) mass is 383 g/mol. The maximum absolute atomic E-state index is 13.1. The van der Waals surface area contributed by atoms with E-state index in [0.29, 0.717) is 5.69 Å². The van der Waals surface area contributed by atoms with Crippen LogP contribution in [0.4, 0.5) is 33.1 Å². The van der Waals surface area contributed by atoms with Gasteiger partial charge >= 0.3 is 11.7 Å². The molecule has 10 heteroatoms. The minimum Gasteiger partial charge on any atom is -0.465 e. The number of esters is 1. The van der Waals surface area contributed by atoms with Crippen LogP contribution in [-0.2, 0) is 4.74 Å². The Bertz CT molecular complexity index is 1030. The lowest BCUT2D eigenvalue weighted by atomic mass is 10.2. The number of methoxy groups -OCH3 is 1. The van der Waals surface area contributed by atoms with Gasteiger partial charge in [0.1, 0.15) is 12.1 Å². The summed E-state index contributed by atoms with van der Waals surface area (Å²) < 4.78 is 17.8. The molecule has 3 aromatic rings. The number of benzene rings is 2. The van der Waals surface area contributed by atoms with Gasteiger partial charge in [0.15, 0.2) is 0 Å². The summed E-state index contributed by atoms with van der Waals surface area (Å²) in [6.45, 7) is 0. The Balaban J connectivity index is 2.00. The Morgan fingerprint density at radius 3 is 2.36 bits per heavy atom. The highest BCUT2D eigenvalue weighted by Gasteiger charge is 2.24. The second-order valence-electron chi connectivity index (χ2n) is 5.47. The Hall–Kier alpha value is -4.08. The lowest BCUT2D eigenvalue weighted by Crippen LogP contribution is -2.09. The van der Waals surface area contributed by atoms with Crippen LogP contribution < -0.4 is 10.6 Å². The standard InChI is InChI=1S/C18H14FN5O4/c1-28-18(25)13-4-2-3-5-14(13)23-17-15(24(26)27)16(20-10-21-17)22-12-8-6-11(19)7-9-12/h2-10H,1H3,(H2,20,21,22,23). The van der Waals surface area contributed by atoms with E-state index >= 15 is 0 Å². The zero-order valence-corrected chi connectivity index (χ0v) is 14.5. The van der Waals surface area contributed by atoms with Gasteiger partial charge < -0.3 is 15.4 Å². The molecule has 0 saturated heterocycles. The van der Waals surface area contributed by atoms with E-state index in [9.17, 15) is 19.3 Å². The van der Waals surface area contributed by atoms with Crippen molar-refractivity contribution in [1.29, 1.82) is 0 Å². The molecule has 0 unspecified atom stereocenters. The van der Waals surface area contributed by atoms with Crippen molar-refractivity contribution in [1.82, 2.24) is 9.97 Å². The molecule has 2 N–H and O–H groups in total. The molecular weight excluding hydrogens is 369 g/mol. The van der Waals surface area contributed by atoms with Crippen LogP contribution in [0.1, 0.15) is 10.4 Å². The Morgan fingerprint density at radius 1 is 1.07 bits per heavy atom. The second kappa shape index (κ2) is 8.08. The van der Waals surface area contributed by atoms with Crippen molar-refractivity contribution in [3.8, 4) is 0 Å². The fourth-order valence-corrected chi connectivity index (χ4v) is 2.41. The first kappa shape index (κ1) is 18.7. The number of nitrogens with zero attached hydrogens (tertiary/aromatic N) is 3. The van der Waals surface area contributed by atoms with Crippen molar-refractivity contribution in [2.75, 3.05) is 17.7 Å². The van der Waals surface area contributed by atoms with Crippen LogP contribution in [0.25, 0.3) is 0 Å². The van der Waals surface area contributed by atoms with Gasteiger partial charge in [0.2, 0.25) is 11.6 Å². The average molecular weight is 383 g/mol. The smallest absolute Gasteiger partial charge is 0.353 e. The average Bonchev–Trinajstić information content (AvgIpc) is 2.69. The molecule has 142 valence electrons. The fraction of sp³-hybridized carbons (Fsp3) is 0.0556. The van der Waals surface area contributed by atoms with Gasteiger partial charge in [0, 0.05) is 5.69 Å². The largest absolute Gasteiger partial charge is 0.465 e. The highest BCUT2D eigenvalue weighted by molar-refractivity contribution is 5.96. The zero-order valence-electron chi connectivity index (χ0n) is 14.5. The molecule has 0 amide bonds. The van der Waals surface area contributed by atoms with Gasteiger partial charge in [-0.25, -0.2) is 19.2 Å². The zero-order chi connectivity index (χ0) is 20.1. The number of hydrogen-bond donors (Lipinski definition) is 2. The van der Waals surface area contributed by atoms with E-state index < -0.39 is 22.4 Å². The van der Waals surface area contributed by atoms with Crippen LogP contribution in [0.5, 0.6) is 0 Å². The Kier molecular flexibility index (Phi) is 5.40. The van der Waals surface area contributed by atoms with Gasteiger partial charge in [0.05, 0.1) is 23.3 Å². The fourth-order valence-electron chi connectivity index (χ4n) is 2.41. The normalized spacial score (nSPS) is 10.2. The number of nitro groups is 1. The van der Waals surface area contributed by atoms with Crippen molar-refractivity contribution in [2.24, 2.45) is 0 Å². The van der Waals surface area contributed by atoms with E-state index in [2.05, 4.69) is 20.6 Å². The first-order valence-corrected chi connectivity index (χ1v) is 7.96. The van der Waals surface area contributed by atoms with Gasteiger partial charge in [0.25, 0.3) is 0 Å². The lowest BCUT2D eigenvalue weighted by molar-refractivity contribution is -0.383. The summed E-state index contributed by atoms with van der Waals surface area (Å²) in [6, 6.07) is 11.6. The van der Waals surface area contributed by atoms with Crippen LogP contribution in [0.15, 0.2) is 54.9 Å². The van der Waals surface area contributed by atoms with Crippen LogP contribution in [0.3, 0.4) is 0 Å². The molecule has 28 heavy (non-hydrogen) atoms. The minimum atomic E-state index is -0.658. The van der Waals surface area contributed by atoms with Crippen molar-refractivity contribution < 1.29 is 18.8 Å². The van der Waals surface area contributed by atoms with E-state index in [1.807, 2.05) is 0 Å². The summed E-state index contributed by atoms with van der Waals surface area (Å²) in [5.74, 6) is -1.26. The molecule has 0 aliphatic carbocycles. The summed E-state index contributed by atoms with van der Waals surface area (Å²) in [6.07, 6.45) is 1.13.